The summed E-state index contributed by atoms with van der Waals surface area (Å²) in [5.74, 6) is -1.39. The van der Waals surface area contributed by atoms with Gasteiger partial charge in [-0.05, 0) is 53.9 Å². The Morgan fingerprint density at radius 3 is 2.50 bits per heavy atom. The Bertz CT molecular complexity index is 1640. The van der Waals surface area contributed by atoms with Crippen LogP contribution in [0.5, 0.6) is 0 Å². The molecular formula is C28H22Cl2N6O4. The van der Waals surface area contributed by atoms with E-state index in [2.05, 4.69) is 21.4 Å². The third kappa shape index (κ3) is 5.66. The molecule has 0 spiro atoms. The number of benzene rings is 3. The van der Waals surface area contributed by atoms with Crippen molar-refractivity contribution >= 4 is 57.9 Å². The number of esters is 1. The van der Waals surface area contributed by atoms with Crippen molar-refractivity contribution in [1.82, 2.24) is 9.97 Å². The molecule has 1 heterocycles. The van der Waals surface area contributed by atoms with E-state index >= 15 is 0 Å². The summed E-state index contributed by atoms with van der Waals surface area (Å²) in [7, 11) is 2.80. The lowest BCUT2D eigenvalue weighted by molar-refractivity contribution is -0.383. The van der Waals surface area contributed by atoms with Crippen LogP contribution in [0, 0.1) is 28.4 Å². The highest BCUT2D eigenvalue weighted by Gasteiger charge is 2.29. The maximum absolute atomic E-state index is 12.3. The van der Waals surface area contributed by atoms with E-state index in [1.807, 2.05) is 0 Å². The van der Waals surface area contributed by atoms with Crippen LogP contribution in [-0.2, 0) is 4.74 Å². The molecule has 10 nitrogen and oxygen atoms in total. The number of nitrogens with zero attached hydrogens (tertiary/aromatic N) is 5. The molecule has 1 unspecified atom stereocenters. The minimum atomic E-state index is -0.652. The fraction of sp³-hybridized carbons (Fsp3) is 0.143. The molecule has 40 heavy (non-hydrogen) atoms. The molecule has 0 saturated carbocycles. The number of carbonyl (C=O) groups is 1. The Balaban J connectivity index is 1.74. The Morgan fingerprint density at radius 2 is 1.85 bits per heavy atom. The maximum Gasteiger partial charge on any atom is 0.354 e. The van der Waals surface area contributed by atoms with Crippen LogP contribution in [0.3, 0.4) is 0 Å². The van der Waals surface area contributed by atoms with Gasteiger partial charge in [0.1, 0.15) is 6.33 Å². The average molecular weight is 577 g/mol. The van der Waals surface area contributed by atoms with E-state index in [9.17, 15) is 20.2 Å². The van der Waals surface area contributed by atoms with Crippen molar-refractivity contribution in [2.75, 3.05) is 24.4 Å². The third-order valence-corrected chi connectivity index (χ3v) is 6.79. The highest BCUT2D eigenvalue weighted by molar-refractivity contribution is 6.32. The quantitative estimate of drug-likeness (QED) is 0.134. The van der Waals surface area contributed by atoms with Crippen LogP contribution >= 0.6 is 23.2 Å². The summed E-state index contributed by atoms with van der Waals surface area (Å²) in [6.45, 7) is 1.78. The second kappa shape index (κ2) is 12.0. The van der Waals surface area contributed by atoms with Crippen LogP contribution in [0.2, 0.25) is 10.0 Å². The molecule has 0 aliphatic heterocycles. The molecule has 1 atom stereocenters. The molecule has 0 bridgehead atoms. The number of rotatable bonds is 8. The summed E-state index contributed by atoms with van der Waals surface area (Å²) in [6, 6.07) is 19.1. The summed E-state index contributed by atoms with van der Waals surface area (Å²) in [5.41, 5.74) is 2.57. The topological polar surface area (TPSA) is 134 Å². The van der Waals surface area contributed by atoms with Crippen LogP contribution in [0.1, 0.15) is 33.0 Å². The van der Waals surface area contributed by atoms with Crippen LogP contribution < -0.4 is 10.2 Å². The Hall–Kier alpha value is -4.72. The second-order valence-corrected chi connectivity index (χ2v) is 9.49. The summed E-state index contributed by atoms with van der Waals surface area (Å²) in [5, 5.41) is 26.0. The molecule has 0 aliphatic rings. The lowest BCUT2D eigenvalue weighted by atomic mass is 9.91. The number of carbonyl (C=O) groups excluding carboxylic acids is 1. The minimum Gasteiger partial charge on any atom is -0.465 e. The van der Waals surface area contributed by atoms with Crippen molar-refractivity contribution < 1.29 is 14.5 Å². The first kappa shape index (κ1) is 28.3. The monoisotopic (exact) mass is 576 g/mol. The van der Waals surface area contributed by atoms with Gasteiger partial charge in [-0.15, -0.1) is 0 Å². The number of hydrogen-bond acceptors (Lipinski definition) is 9. The van der Waals surface area contributed by atoms with Crippen molar-refractivity contribution in [2.24, 2.45) is 0 Å². The molecule has 1 aromatic heterocycles. The van der Waals surface area contributed by atoms with Gasteiger partial charge in [0.25, 0.3) is 0 Å². The third-order valence-electron chi connectivity index (χ3n) is 6.21. The van der Waals surface area contributed by atoms with Crippen molar-refractivity contribution in [3.63, 3.8) is 0 Å². The molecule has 0 aliphatic carbocycles. The predicted octanol–water partition coefficient (Wildman–Crippen LogP) is 6.95. The number of methoxy groups -OCH3 is 1. The Morgan fingerprint density at radius 1 is 1.15 bits per heavy atom. The van der Waals surface area contributed by atoms with E-state index in [0.717, 1.165) is 5.56 Å². The normalized spacial score (nSPS) is 11.3. The zero-order chi connectivity index (χ0) is 29.0. The zero-order valence-electron chi connectivity index (χ0n) is 21.6. The highest BCUT2D eigenvalue weighted by Crippen LogP contribution is 2.39. The van der Waals surface area contributed by atoms with Gasteiger partial charge in [-0.2, -0.15) is 5.26 Å². The number of para-hydroxylation sites is 1. The van der Waals surface area contributed by atoms with Crippen molar-refractivity contribution in [3.05, 3.63) is 109 Å². The van der Waals surface area contributed by atoms with E-state index in [0.29, 0.717) is 27.5 Å². The molecule has 1 N–H and O–H groups in total. The van der Waals surface area contributed by atoms with Gasteiger partial charge >= 0.3 is 11.7 Å². The van der Waals surface area contributed by atoms with Crippen LogP contribution in [0.25, 0.3) is 0 Å². The van der Waals surface area contributed by atoms with Crippen LogP contribution in [0.4, 0.5) is 28.7 Å². The predicted molar refractivity (Wildman–Crippen MR) is 153 cm³/mol. The number of hydrogen-bond donors (Lipinski definition) is 1. The minimum absolute atomic E-state index is 0.0495. The number of aromatic nitrogens is 2. The van der Waals surface area contributed by atoms with Crippen molar-refractivity contribution in [2.45, 2.75) is 12.8 Å². The first-order chi connectivity index (χ1) is 19.2. The first-order valence-electron chi connectivity index (χ1n) is 11.8. The molecule has 0 saturated heterocycles. The standard InChI is InChI=1S/C28H22Cl2N6O4/c1-16-12-20(21(14-31)17-8-10-18(29)11-9-17)22(30)13-23(16)34-26-25(36(38)39)27(33-15-32-26)35(2)24-7-5-4-6-19(24)28(37)40-3/h4-13,15,21H,1-3H3,(H,32,33,34). The number of anilines is 4. The number of nitriles is 1. The van der Waals surface area contributed by atoms with E-state index in [1.165, 1.54) is 18.3 Å². The number of nitro groups is 1. The van der Waals surface area contributed by atoms with Crippen molar-refractivity contribution in [3.8, 4) is 6.07 Å². The van der Waals surface area contributed by atoms with Gasteiger partial charge in [0, 0.05) is 22.8 Å². The van der Waals surface area contributed by atoms with E-state index in [1.54, 1.807) is 74.6 Å². The summed E-state index contributed by atoms with van der Waals surface area (Å²) in [6.07, 6.45) is 1.18. The van der Waals surface area contributed by atoms with E-state index in [4.69, 9.17) is 27.9 Å². The van der Waals surface area contributed by atoms with Gasteiger partial charge < -0.3 is 15.0 Å². The smallest absolute Gasteiger partial charge is 0.354 e. The number of halogens is 2. The highest BCUT2D eigenvalue weighted by atomic mass is 35.5. The molecule has 0 fully saturated rings. The molecular weight excluding hydrogens is 555 g/mol. The summed E-state index contributed by atoms with van der Waals surface area (Å²) >= 11 is 12.6. The summed E-state index contributed by atoms with van der Waals surface area (Å²) in [4.78, 5) is 33.6. The van der Waals surface area contributed by atoms with Crippen LogP contribution in [-0.4, -0.2) is 35.0 Å². The molecule has 4 aromatic rings. The lowest BCUT2D eigenvalue weighted by Gasteiger charge is -2.21. The van der Waals surface area contributed by atoms with E-state index in [-0.39, 0.29) is 22.2 Å². The number of nitrogens with one attached hydrogen (secondary N) is 1. The van der Waals surface area contributed by atoms with Crippen LogP contribution in [0.15, 0.2) is 67.0 Å². The summed E-state index contributed by atoms with van der Waals surface area (Å²) < 4.78 is 4.85. The zero-order valence-corrected chi connectivity index (χ0v) is 23.1. The lowest BCUT2D eigenvalue weighted by Crippen LogP contribution is -2.18. The van der Waals surface area contributed by atoms with Gasteiger partial charge in [0.15, 0.2) is 0 Å². The van der Waals surface area contributed by atoms with Crippen molar-refractivity contribution in [1.29, 1.82) is 5.26 Å². The Kier molecular flexibility index (Phi) is 8.48. The van der Waals surface area contributed by atoms with Gasteiger partial charge in [0.2, 0.25) is 11.6 Å². The number of aryl methyl sites for hydroxylation is 1. The molecule has 12 heteroatoms. The maximum atomic E-state index is 12.3. The van der Waals surface area contributed by atoms with E-state index < -0.39 is 22.5 Å². The SMILES string of the molecule is COC(=O)c1ccccc1N(C)c1ncnc(Nc2cc(Cl)c(C(C#N)c3ccc(Cl)cc3)cc2C)c1[N+](=O)[O-]. The van der Waals surface area contributed by atoms with Gasteiger partial charge in [0.05, 0.1) is 35.3 Å². The molecule has 3 aromatic carbocycles. The number of ether oxygens (including phenoxy) is 1. The Labute approximate surface area is 239 Å². The average Bonchev–Trinajstić information content (AvgIpc) is 2.95. The molecule has 4 rings (SSSR count). The van der Waals surface area contributed by atoms with Gasteiger partial charge in [-0.3, -0.25) is 10.1 Å². The fourth-order valence-corrected chi connectivity index (χ4v) is 4.60. The first-order valence-corrected chi connectivity index (χ1v) is 12.5. The molecule has 0 radical (unpaired) electrons. The molecule has 0 amide bonds. The molecule has 202 valence electrons. The van der Waals surface area contributed by atoms with Gasteiger partial charge in [-0.1, -0.05) is 53.5 Å². The largest absolute Gasteiger partial charge is 0.465 e. The second-order valence-electron chi connectivity index (χ2n) is 8.65. The fourth-order valence-electron chi connectivity index (χ4n) is 4.20. The van der Waals surface area contributed by atoms with Gasteiger partial charge in [-0.25, -0.2) is 14.8 Å².